The number of halogens is 1. The maximum Gasteiger partial charge on any atom is 0.338 e. The predicted octanol–water partition coefficient (Wildman–Crippen LogP) is 3.11. The number of aromatic carboxylic acids is 1. The molecule has 96 valence electrons. The first-order valence-corrected chi connectivity index (χ1v) is 5.72. The van der Waals surface area contributed by atoms with Gasteiger partial charge in [-0.1, -0.05) is 11.6 Å². The molecule has 2 N–H and O–H groups in total. The summed E-state index contributed by atoms with van der Waals surface area (Å²) in [7, 11) is 0. The molecular formula is C13H9ClN2O3. The van der Waals surface area contributed by atoms with E-state index in [4.69, 9.17) is 26.4 Å². The van der Waals surface area contributed by atoms with E-state index in [0.717, 1.165) is 0 Å². The molecule has 0 unspecified atom stereocenters. The average Bonchev–Trinajstić information content (AvgIpc) is 2.87. The molecule has 5 nitrogen and oxygen atoms in total. The van der Waals surface area contributed by atoms with Gasteiger partial charge in [-0.3, -0.25) is 0 Å². The van der Waals surface area contributed by atoms with E-state index in [2.05, 4.69) is 5.32 Å². The Hall–Kier alpha value is -2.45. The molecule has 2 rings (SSSR count). The number of nitriles is 1. The minimum atomic E-state index is -1.03. The number of carboxylic acid groups (broad SMARTS) is 1. The number of hydrogen-bond donors (Lipinski definition) is 2. The smallest absolute Gasteiger partial charge is 0.338 e. The summed E-state index contributed by atoms with van der Waals surface area (Å²) in [5, 5.41) is 21.0. The van der Waals surface area contributed by atoms with Crippen LogP contribution in [0.25, 0.3) is 0 Å². The summed E-state index contributed by atoms with van der Waals surface area (Å²) in [6, 6.07) is 8.38. The monoisotopic (exact) mass is 276 g/mol. The number of nitrogens with one attached hydrogen (secondary N) is 1. The molecule has 0 saturated carbocycles. The van der Waals surface area contributed by atoms with Crippen LogP contribution in [0.1, 0.15) is 21.7 Å². The zero-order valence-electron chi connectivity index (χ0n) is 9.68. The van der Waals surface area contributed by atoms with Crippen LogP contribution in [0.2, 0.25) is 5.02 Å². The van der Waals surface area contributed by atoms with Crippen LogP contribution < -0.4 is 5.32 Å². The second kappa shape index (κ2) is 5.46. The van der Waals surface area contributed by atoms with Gasteiger partial charge in [0.1, 0.15) is 18.1 Å². The Morgan fingerprint density at radius 3 is 2.89 bits per heavy atom. The Morgan fingerprint density at radius 1 is 1.47 bits per heavy atom. The van der Waals surface area contributed by atoms with Crippen molar-refractivity contribution in [2.24, 2.45) is 0 Å². The topological polar surface area (TPSA) is 86.3 Å². The third kappa shape index (κ3) is 3.06. The van der Waals surface area contributed by atoms with Crippen molar-refractivity contribution in [1.29, 1.82) is 5.26 Å². The summed E-state index contributed by atoms with van der Waals surface area (Å²) < 4.78 is 5.09. The van der Waals surface area contributed by atoms with Crippen LogP contribution >= 0.6 is 11.6 Å². The number of rotatable bonds is 4. The van der Waals surface area contributed by atoms with Crippen LogP contribution in [0.3, 0.4) is 0 Å². The highest BCUT2D eigenvalue weighted by Crippen LogP contribution is 2.20. The molecule has 6 heteroatoms. The molecule has 0 amide bonds. The van der Waals surface area contributed by atoms with E-state index in [1.807, 2.05) is 6.07 Å². The zero-order chi connectivity index (χ0) is 13.8. The molecule has 1 heterocycles. The van der Waals surface area contributed by atoms with Crippen LogP contribution in [0.5, 0.6) is 0 Å². The normalized spacial score (nSPS) is 9.89. The van der Waals surface area contributed by atoms with Crippen molar-refractivity contribution in [3.05, 3.63) is 52.4 Å². The van der Waals surface area contributed by atoms with Crippen molar-refractivity contribution in [2.45, 2.75) is 6.54 Å². The van der Waals surface area contributed by atoms with Gasteiger partial charge in [-0.2, -0.15) is 5.26 Å². The van der Waals surface area contributed by atoms with Crippen molar-refractivity contribution < 1.29 is 14.3 Å². The SMILES string of the molecule is N#Cc1cc(NCc2cc(C(=O)O)co2)ccc1Cl. The second-order valence-electron chi connectivity index (χ2n) is 3.77. The molecule has 1 aromatic heterocycles. The highest BCUT2D eigenvalue weighted by atomic mass is 35.5. The van der Waals surface area contributed by atoms with Crippen LogP contribution in [0.4, 0.5) is 5.69 Å². The van der Waals surface area contributed by atoms with Gasteiger partial charge in [0, 0.05) is 5.69 Å². The molecule has 0 radical (unpaired) electrons. The Bertz CT molecular complexity index is 658. The number of anilines is 1. The van der Waals surface area contributed by atoms with Gasteiger partial charge in [0.05, 0.1) is 22.7 Å². The first-order chi connectivity index (χ1) is 9.10. The minimum absolute atomic E-state index is 0.102. The number of furan rings is 1. The Balaban J connectivity index is 2.06. The highest BCUT2D eigenvalue weighted by molar-refractivity contribution is 6.31. The van der Waals surface area contributed by atoms with E-state index in [9.17, 15) is 4.79 Å². The number of nitrogens with zero attached hydrogens (tertiary/aromatic N) is 1. The van der Waals surface area contributed by atoms with E-state index in [0.29, 0.717) is 28.6 Å². The van der Waals surface area contributed by atoms with Crippen LogP contribution in [0, 0.1) is 11.3 Å². The Morgan fingerprint density at radius 2 is 2.26 bits per heavy atom. The molecule has 1 aromatic carbocycles. The van der Waals surface area contributed by atoms with Crippen molar-refractivity contribution in [3.8, 4) is 6.07 Å². The van der Waals surface area contributed by atoms with Gasteiger partial charge in [-0.05, 0) is 24.3 Å². The summed E-state index contributed by atoms with van der Waals surface area (Å²) in [4.78, 5) is 10.7. The number of benzene rings is 1. The number of hydrogen-bond acceptors (Lipinski definition) is 4. The summed E-state index contributed by atoms with van der Waals surface area (Å²) in [6.45, 7) is 0.319. The predicted molar refractivity (Wildman–Crippen MR) is 69.2 cm³/mol. The molecule has 2 aromatic rings. The van der Waals surface area contributed by atoms with E-state index < -0.39 is 5.97 Å². The minimum Gasteiger partial charge on any atom is -0.478 e. The first-order valence-electron chi connectivity index (χ1n) is 5.34. The van der Waals surface area contributed by atoms with E-state index in [1.165, 1.54) is 12.3 Å². The fraction of sp³-hybridized carbons (Fsp3) is 0.0769. The van der Waals surface area contributed by atoms with Crippen LogP contribution in [-0.4, -0.2) is 11.1 Å². The molecule has 19 heavy (non-hydrogen) atoms. The van der Waals surface area contributed by atoms with Gasteiger partial charge >= 0.3 is 5.97 Å². The summed E-state index contributed by atoms with van der Waals surface area (Å²) in [5.74, 6) is -0.542. The average molecular weight is 277 g/mol. The largest absolute Gasteiger partial charge is 0.478 e. The van der Waals surface area contributed by atoms with Gasteiger partial charge in [0.15, 0.2) is 0 Å². The van der Waals surface area contributed by atoms with Crippen LogP contribution in [0.15, 0.2) is 34.9 Å². The van der Waals surface area contributed by atoms with Crippen molar-refractivity contribution >= 4 is 23.3 Å². The third-order valence-electron chi connectivity index (χ3n) is 2.45. The first kappa shape index (κ1) is 13.0. The van der Waals surface area contributed by atoms with Crippen LogP contribution in [-0.2, 0) is 6.54 Å². The molecule has 0 aliphatic carbocycles. The Kier molecular flexibility index (Phi) is 3.74. The standard InChI is InChI=1S/C13H9ClN2O3/c14-12-2-1-10(3-8(12)5-15)16-6-11-4-9(7-19-11)13(17)18/h1-4,7,16H,6H2,(H,17,18). The van der Waals surface area contributed by atoms with E-state index in [1.54, 1.807) is 18.2 Å². The molecule has 0 fully saturated rings. The van der Waals surface area contributed by atoms with E-state index >= 15 is 0 Å². The van der Waals surface area contributed by atoms with Gasteiger partial charge in [0.2, 0.25) is 0 Å². The van der Waals surface area contributed by atoms with Gasteiger partial charge in [-0.25, -0.2) is 4.79 Å². The summed E-state index contributed by atoms with van der Waals surface area (Å²) >= 11 is 5.82. The second-order valence-corrected chi connectivity index (χ2v) is 4.17. The lowest BCUT2D eigenvalue weighted by Gasteiger charge is -2.05. The molecule has 0 saturated heterocycles. The lowest BCUT2D eigenvalue weighted by atomic mass is 10.2. The summed E-state index contributed by atoms with van der Waals surface area (Å²) in [5.41, 5.74) is 1.18. The number of carbonyl (C=O) groups is 1. The lowest BCUT2D eigenvalue weighted by molar-refractivity contribution is 0.0696. The molecular weight excluding hydrogens is 268 g/mol. The fourth-order valence-electron chi connectivity index (χ4n) is 1.50. The van der Waals surface area contributed by atoms with Crippen molar-refractivity contribution in [3.63, 3.8) is 0 Å². The lowest BCUT2D eigenvalue weighted by Crippen LogP contribution is -1.99. The van der Waals surface area contributed by atoms with Gasteiger partial charge in [0.25, 0.3) is 0 Å². The number of carboxylic acids is 1. The van der Waals surface area contributed by atoms with Crippen molar-refractivity contribution in [2.75, 3.05) is 5.32 Å². The van der Waals surface area contributed by atoms with Gasteiger partial charge < -0.3 is 14.8 Å². The molecule has 0 aliphatic heterocycles. The molecule has 0 bridgehead atoms. The maximum atomic E-state index is 10.7. The molecule has 0 atom stereocenters. The Labute approximate surface area is 114 Å². The van der Waals surface area contributed by atoms with Gasteiger partial charge in [-0.15, -0.1) is 0 Å². The maximum absolute atomic E-state index is 10.7. The molecule has 0 spiro atoms. The fourth-order valence-corrected chi connectivity index (χ4v) is 1.66. The third-order valence-corrected chi connectivity index (χ3v) is 2.78. The summed E-state index contributed by atoms with van der Waals surface area (Å²) in [6.07, 6.45) is 1.18. The quantitative estimate of drug-likeness (QED) is 0.896. The highest BCUT2D eigenvalue weighted by Gasteiger charge is 2.08. The van der Waals surface area contributed by atoms with Crippen molar-refractivity contribution in [1.82, 2.24) is 0 Å². The van der Waals surface area contributed by atoms with E-state index in [-0.39, 0.29) is 5.56 Å². The molecule has 0 aliphatic rings. The zero-order valence-corrected chi connectivity index (χ0v) is 10.4.